The van der Waals surface area contributed by atoms with Crippen molar-refractivity contribution in [1.82, 2.24) is 15.3 Å². The van der Waals surface area contributed by atoms with Crippen molar-refractivity contribution in [3.8, 4) is 5.75 Å². The van der Waals surface area contributed by atoms with E-state index < -0.39 is 0 Å². The first-order valence-electron chi connectivity index (χ1n) is 6.01. The molecule has 0 radical (unpaired) electrons. The van der Waals surface area contributed by atoms with Crippen LogP contribution in [0.1, 0.15) is 11.4 Å². The standard InChI is InChI=1S/C14H17N3O/c1-12-4-2-5-13(10-12)18-9-8-15-11-14-16-6-3-7-17-14/h2-7,10,15H,8-9,11H2,1H3. The van der Waals surface area contributed by atoms with E-state index in [1.54, 1.807) is 12.4 Å². The molecule has 0 spiro atoms. The van der Waals surface area contributed by atoms with Crippen LogP contribution < -0.4 is 10.1 Å². The largest absolute Gasteiger partial charge is 0.492 e. The average molecular weight is 243 g/mol. The summed E-state index contributed by atoms with van der Waals surface area (Å²) in [7, 11) is 0. The average Bonchev–Trinajstić information content (AvgIpc) is 2.40. The van der Waals surface area contributed by atoms with E-state index in [9.17, 15) is 0 Å². The smallest absolute Gasteiger partial charge is 0.141 e. The highest BCUT2D eigenvalue weighted by molar-refractivity contribution is 5.27. The van der Waals surface area contributed by atoms with E-state index in [2.05, 4.69) is 28.3 Å². The number of ether oxygens (including phenoxy) is 1. The SMILES string of the molecule is Cc1cccc(OCCNCc2ncccn2)c1. The summed E-state index contributed by atoms with van der Waals surface area (Å²) in [6.45, 7) is 4.12. The number of nitrogens with zero attached hydrogens (tertiary/aromatic N) is 2. The van der Waals surface area contributed by atoms with Gasteiger partial charge in [0.15, 0.2) is 0 Å². The number of hydrogen-bond donors (Lipinski definition) is 1. The van der Waals surface area contributed by atoms with Crippen molar-refractivity contribution in [2.75, 3.05) is 13.2 Å². The van der Waals surface area contributed by atoms with Crippen LogP contribution in [0.3, 0.4) is 0 Å². The molecule has 1 aromatic heterocycles. The fraction of sp³-hybridized carbons (Fsp3) is 0.286. The van der Waals surface area contributed by atoms with Gasteiger partial charge in [0, 0.05) is 18.9 Å². The summed E-state index contributed by atoms with van der Waals surface area (Å²) in [6, 6.07) is 9.85. The van der Waals surface area contributed by atoms with Crippen molar-refractivity contribution in [3.05, 3.63) is 54.1 Å². The maximum Gasteiger partial charge on any atom is 0.141 e. The molecular formula is C14H17N3O. The van der Waals surface area contributed by atoms with Gasteiger partial charge in [-0.3, -0.25) is 0 Å². The van der Waals surface area contributed by atoms with Gasteiger partial charge in [-0.1, -0.05) is 12.1 Å². The fourth-order valence-electron chi connectivity index (χ4n) is 1.57. The quantitative estimate of drug-likeness (QED) is 0.788. The van der Waals surface area contributed by atoms with Crippen molar-refractivity contribution >= 4 is 0 Å². The molecule has 0 aliphatic heterocycles. The van der Waals surface area contributed by atoms with Crippen molar-refractivity contribution in [2.24, 2.45) is 0 Å². The first-order valence-corrected chi connectivity index (χ1v) is 6.01. The number of aromatic nitrogens is 2. The van der Waals surface area contributed by atoms with Crippen LogP contribution in [0.5, 0.6) is 5.75 Å². The molecule has 0 atom stereocenters. The summed E-state index contributed by atoms with van der Waals surface area (Å²) >= 11 is 0. The molecule has 1 N–H and O–H groups in total. The molecule has 4 heteroatoms. The molecule has 2 rings (SSSR count). The summed E-state index contributed by atoms with van der Waals surface area (Å²) in [5.74, 6) is 1.71. The third kappa shape index (κ3) is 4.14. The van der Waals surface area contributed by atoms with Crippen LogP contribution in [0.15, 0.2) is 42.7 Å². The Kier molecular flexibility index (Phi) is 4.67. The van der Waals surface area contributed by atoms with Gasteiger partial charge in [-0.2, -0.15) is 0 Å². The van der Waals surface area contributed by atoms with Gasteiger partial charge in [-0.15, -0.1) is 0 Å². The first kappa shape index (κ1) is 12.5. The Bertz CT molecular complexity index is 473. The second-order valence-electron chi connectivity index (χ2n) is 4.01. The Hall–Kier alpha value is -1.94. The van der Waals surface area contributed by atoms with Gasteiger partial charge in [-0.25, -0.2) is 9.97 Å². The normalized spacial score (nSPS) is 10.3. The van der Waals surface area contributed by atoms with Crippen LogP contribution in [0.2, 0.25) is 0 Å². The van der Waals surface area contributed by atoms with Crippen LogP contribution in [-0.4, -0.2) is 23.1 Å². The minimum atomic E-state index is 0.635. The lowest BCUT2D eigenvalue weighted by Gasteiger charge is -2.07. The van der Waals surface area contributed by atoms with Crippen LogP contribution in [0.25, 0.3) is 0 Å². The Morgan fingerprint density at radius 3 is 2.78 bits per heavy atom. The molecular weight excluding hydrogens is 226 g/mol. The number of hydrogen-bond acceptors (Lipinski definition) is 4. The van der Waals surface area contributed by atoms with Crippen molar-refractivity contribution in [3.63, 3.8) is 0 Å². The van der Waals surface area contributed by atoms with Gasteiger partial charge >= 0.3 is 0 Å². The third-order valence-corrected chi connectivity index (χ3v) is 2.44. The molecule has 0 aliphatic rings. The maximum atomic E-state index is 5.62. The predicted octanol–water partition coefficient (Wildman–Crippen LogP) is 1.95. The Labute approximate surface area is 107 Å². The number of aryl methyl sites for hydroxylation is 1. The van der Waals surface area contributed by atoms with E-state index in [-0.39, 0.29) is 0 Å². The third-order valence-electron chi connectivity index (χ3n) is 2.44. The molecule has 1 heterocycles. The molecule has 94 valence electrons. The van der Waals surface area contributed by atoms with Crippen LogP contribution in [0.4, 0.5) is 0 Å². The van der Waals surface area contributed by atoms with Gasteiger partial charge in [0.25, 0.3) is 0 Å². The summed E-state index contributed by atoms with van der Waals surface area (Å²) < 4.78 is 5.62. The summed E-state index contributed by atoms with van der Waals surface area (Å²) in [6.07, 6.45) is 3.49. The van der Waals surface area contributed by atoms with E-state index in [0.717, 1.165) is 18.1 Å². The fourth-order valence-corrected chi connectivity index (χ4v) is 1.57. The zero-order valence-corrected chi connectivity index (χ0v) is 10.5. The topological polar surface area (TPSA) is 47.0 Å². The highest BCUT2D eigenvalue weighted by Crippen LogP contribution is 2.11. The lowest BCUT2D eigenvalue weighted by molar-refractivity contribution is 0.313. The second kappa shape index (κ2) is 6.71. The van der Waals surface area contributed by atoms with E-state index in [4.69, 9.17) is 4.74 Å². The molecule has 2 aromatic rings. The number of benzene rings is 1. The summed E-state index contributed by atoms with van der Waals surface area (Å²) in [4.78, 5) is 8.26. The lowest BCUT2D eigenvalue weighted by Crippen LogP contribution is -2.21. The van der Waals surface area contributed by atoms with Crippen molar-refractivity contribution in [1.29, 1.82) is 0 Å². The van der Waals surface area contributed by atoms with Crippen molar-refractivity contribution in [2.45, 2.75) is 13.5 Å². The molecule has 0 aliphatic carbocycles. The molecule has 0 unspecified atom stereocenters. The predicted molar refractivity (Wildman–Crippen MR) is 70.4 cm³/mol. The molecule has 0 fully saturated rings. The Balaban J connectivity index is 1.65. The van der Waals surface area contributed by atoms with Crippen LogP contribution in [0, 0.1) is 6.92 Å². The molecule has 4 nitrogen and oxygen atoms in total. The van der Waals surface area contributed by atoms with Gasteiger partial charge in [0.2, 0.25) is 0 Å². The number of nitrogens with one attached hydrogen (secondary N) is 1. The van der Waals surface area contributed by atoms with Crippen LogP contribution in [-0.2, 0) is 6.54 Å². The van der Waals surface area contributed by atoms with Crippen molar-refractivity contribution < 1.29 is 4.74 Å². The van der Waals surface area contributed by atoms with E-state index in [1.807, 2.05) is 24.3 Å². The molecule has 1 aromatic carbocycles. The minimum Gasteiger partial charge on any atom is -0.492 e. The summed E-state index contributed by atoms with van der Waals surface area (Å²) in [5, 5.41) is 3.24. The van der Waals surface area contributed by atoms with Gasteiger partial charge in [0.1, 0.15) is 18.2 Å². The second-order valence-corrected chi connectivity index (χ2v) is 4.01. The van der Waals surface area contributed by atoms with Gasteiger partial charge in [-0.05, 0) is 30.7 Å². The zero-order chi connectivity index (χ0) is 12.6. The number of rotatable bonds is 6. The van der Waals surface area contributed by atoms with E-state index in [0.29, 0.717) is 13.2 Å². The van der Waals surface area contributed by atoms with E-state index in [1.165, 1.54) is 5.56 Å². The van der Waals surface area contributed by atoms with Crippen LogP contribution >= 0.6 is 0 Å². The Morgan fingerprint density at radius 1 is 1.17 bits per heavy atom. The summed E-state index contributed by atoms with van der Waals surface area (Å²) in [5.41, 5.74) is 1.21. The molecule has 0 saturated heterocycles. The molecule has 0 saturated carbocycles. The van der Waals surface area contributed by atoms with Gasteiger partial charge < -0.3 is 10.1 Å². The van der Waals surface area contributed by atoms with Gasteiger partial charge in [0.05, 0.1) is 6.54 Å². The Morgan fingerprint density at radius 2 is 2.00 bits per heavy atom. The zero-order valence-electron chi connectivity index (χ0n) is 10.5. The lowest BCUT2D eigenvalue weighted by atomic mass is 10.2. The highest BCUT2D eigenvalue weighted by atomic mass is 16.5. The van der Waals surface area contributed by atoms with E-state index >= 15 is 0 Å². The monoisotopic (exact) mass is 243 g/mol. The minimum absolute atomic E-state index is 0.635. The first-order chi connectivity index (χ1) is 8.84. The molecule has 18 heavy (non-hydrogen) atoms. The highest BCUT2D eigenvalue weighted by Gasteiger charge is 1.95. The molecule has 0 amide bonds. The molecule has 0 bridgehead atoms. The maximum absolute atomic E-state index is 5.62.